The first kappa shape index (κ1) is 14.7. The summed E-state index contributed by atoms with van der Waals surface area (Å²) >= 11 is 1.55. The molecule has 0 spiro atoms. The van der Waals surface area contributed by atoms with Gasteiger partial charge >= 0.3 is 0 Å². The summed E-state index contributed by atoms with van der Waals surface area (Å²) in [6.07, 6.45) is 4.62. The average Bonchev–Trinajstić information content (AvgIpc) is 3.22. The van der Waals surface area contributed by atoms with Gasteiger partial charge in [0.1, 0.15) is 4.90 Å². The molecule has 1 atom stereocenters. The number of hydrogen-bond donors (Lipinski definition) is 1. The number of rotatable bonds is 6. The number of aromatic amines is 1. The van der Waals surface area contributed by atoms with E-state index in [2.05, 4.69) is 10.2 Å². The van der Waals surface area contributed by atoms with E-state index in [1.807, 2.05) is 17.5 Å². The molecular weight excluding hydrogens is 310 g/mol. The Bertz CT molecular complexity index is 647. The van der Waals surface area contributed by atoms with E-state index in [0.29, 0.717) is 19.7 Å². The van der Waals surface area contributed by atoms with Crippen LogP contribution in [0.5, 0.6) is 0 Å². The number of nitrogens with zero attached hydrogens (tertiary/aromatic N) is 2. The summed E-state index contributed by atoms with van der Waals surface area (Å²) in [6.45, 7) is 1.46. The molecule has 1 unspecified atom stereocenters. The summed E-state index contributed by atoms with van der Waals surface area (Å²) in [6, 6.07) is 3.87. The third kappa shape index (κ3) is 3.34. The van der Waals surface area contributed by atoms with E-state index in [4.69, 9.17) is 4.74 Å². The van der Waals surface area contributed by atoms with Crippen molar-refractivity contribution in [2.45, 2.75) is 30.4 Å². The molecule has 2 aromatic heterocycles. The molecule has 0 aliphatic carbocycles. The smallest absolute Gasteiger partial charge is 0.246 e. The van der Waals surface area contributed by atoms with Gasteiger partial charge in [-0.3, -0.25) is 5.10 Å². The maximum atomic E-state index is 12.7. The van der Waals surface area contributed by atoms with Crippen LogP contribution in [0.25, 0.3) is 0 Å². The zero-order valence-corrected chi connectivity index (χ0v) is 13.1. The largest absolute Gasteiger partial charge is 0.377 e. The molecule has 6 nitrogen and oxygen atoms in total. The highest BCUT2D eigenvalue weighted by Gasteiger charge is 2.30. The van der Waals surface area contributed by atoms with Gasteiger partial charge in [0.25, 0.3) is 0 Å². The predicted molar refractivity (Wildman–Crippen MR) is 79.5 cm³/mol. The van der Waals surface area contributed by atoms with Crippen molar-refractivity contribution >= 4 is 21.4 Å². The molecule has 1 saturated heterocycles. The summed E-state index contributed by atoms with van der Waals surface area (Å²) in [4.78, 5) is 1.21. The molecule has 0 amide bonds. The van der Waals surface area contributed by atoms with E-state index in [1.165, 1.54) is 16.7 Å². The van der Waals surface area contributed by atoms with Gasteiger partial charge in [0, 0.05) is 30.8 Å². The Labute approximate surface area is 127 Å². The van der Waals surface area contributed by atoms with E-state index in [0.717, 1.165) is 17.7 Å². The third-order valence-electron chi connectivity index (χ3n) is 3.45. The summed E-state index contributed by atoms with van der Waals surface area (Å²) in [7, 11) is -3.56. The van der Waals surface area contributed by atoms with Crippen LogP contribution in [0.4, 0.5) is 0 Å². The molecule has 0 radical (unpaired) electrons. The van der Waals surface area contributed by atoms with Crippen molar-refractivity contribution in [2.75, 3.05) is 13.2 Å². The minimum absolute atomic E-state index is 0.0216. The van der Waals surface area contributed by atoms with Crippen LogP contribution in [0, 0.1) is 0 Å². The van der Waals surface area contributed by atoms with Gasteiger partial charge in [-0.05, 0) is 24.3 Å². The molecule has 0 aromatic carbocycles. The van der Waals surface area contributed by atoms with Crippen LogP contribution in [-0.2, 0) is 21.3 Å². The highest BCUT2D eigenvalue weighted by Crippen LogP contribution is 2.23. The van der Waals surface area contributed by atoms with Crippen molar-refractivity contribution in [2.24, 2.45) is 0 Å². The molecule has 21 heavy (non-hydrogen) atoms. The monoisotopic (exact) mass is 327 g/mol. The van der Waals surface area contributed by atoms with E-state index in [-0.39, 0.29) is 11.0 Å². The van der Waals surface area contributed by atoms with Crippen molar-refractivity contribution in [1.82, 2.24) is 14.5 Å². The number of sulfonamides is 1. The van der Waals surface area contributed by atoms with E-state index < -0.39 is 10.0 Å². The summed E-state index contributed by atoms with van der Waals surface area (Å²) in [5.74, 6) is 0. The van der Waals surface area contributed by atoms with Gasteiger partial charge in [-0.1, -0.05) is 6.07 Å². The first-order valence-corrected chi connectivity index (χ1v) is 9.11. The lowest BCUT2D eigenvalue weighted by Gasteiger charge is -2.23. The SMILES string of the molecule is O=S(=O)(c1cn[nH]c1)N(Cc1cccs1)CC1CCCO1. The third-order valence-corrected chi connectivity index (χ3v) is 6.09. The van der Waals surface area contributed by atoms with Crippen LogP contribution < -0.4 is 0 Å². The van der Waals surface area contributed by atoms with Crippen LogP contribution in [0.15, 0.2) is 34.8 Å². The molecule has 3 rings (SSSR count). The van der Waals surface area contributed by atoms with E-state index in [1.54, 1.807) is 11.3 Å². The lowest BCUT2D eigenvalue weighted by atomic mass is 10.2. The van der Waals surface area contributed by atoms with Gasteiger partial charge in [0.05, 0.1) is 12.3 Å². The number of hydrogen-bond acceptors (Lipinski definition) is 5. The number of nitrogens with one attached hydrogen (secondary N) is 1. The topological polar surface area (TPSA) is 75.3 Å². The second-order valence-electron chi connectivity index (χ2n) is 4.95. The number of thiophene rings is 1. The van der Waals surface area contributed by atoms with Crippen molar-refractivity contribution < 1.29 is 13.2 Å². The van der Waals surface area contributed by atoms with Gasteiger partial charge in [-0.25, -0.2) is 8.42 Å². The highest BCUT2D eigenvalue weighted by atomic mass is 32.2. The van der Waals surface area contributed by atoms with Gasteiger partial charge in [-0.15, -0.1) is 11.3 Å². The Kier molecular flexibility index (Phi) is 4.39. The summed E-state index contributed by atoms with van der Waals surface area (Å²) < 4.78 is 32.5. The Morgan fingerprint density at radius 2 is 2.43 bits per heavy atom. The summed E-state index contributed by atoms with van der Waals surface area (Å²) in [5, 5.41) is 8.25. The maximum Gasteiger partial charge on any atom is 0.246 e. The van der Waals surface area contributed by atoms with Crippen molar-refractivity contribution in [3.8, 4) is 0 Å². The second-order valence-corrected chi connectivity index (χ2v) is 7.92. The average molecular weight is 327 g/mol. The normalized spacial score (nSPS) is 19.4. The first-order chi connectivity index (χ1) is 10.2. The van der Waals surface area contributed by atoms with Crippen LogP contribution >= 0.6 is 11.3 Å². The fraction of sp³-hybridized carbons (Fsp3) is 0.462. The fourth-order valence-corrected chi connectivity index (χ4v) is 4.53. The van der Waals surface area contributed by atoms with Gasteiger partial charge < -0.3 is 4.74 Å². The van der Waals surface area contributed by atoms with E-state index >= 15 is 0 Å². The summed E-state index contributed by atoms with van der Waals surface area (Å²) in [5.41, 5.74) is 0. The van der Waals surface area contributed by atoms with Crippen molar-refractivity contribution in [3.05, 3.63) is 34.8 Å². The van der Waals surface area contributed by atoms with Gasteiger partial charge in [0.15, 0.2) is 0 Å². The predicted octanol–water partition coefficient (Wildman–Crippen LogP) is 1.84. The molecule has 0 saturated carbocycles. The van der Waals surface area contributed by atoms with Gasteiger partial charge in [0.2, 0.25) is 10.0 Å². The van der Waals surface area contributed by atoms with Crippen molar-refractivity contribution in [3.63, 3.8) is 0 Å². The Morgan fingerprint density at radius 1 is 1.52 bits per heavy atom. The van der Waals surface area contributed by atoms with Crippen molar-refractivity contribution in [1.29, 1.82) is 0 Å². The lowest BCUT2D eigenvalue weighted by molar-refractivity contribution is 0.0927. The first-order valence-electron chi connectivity index (χ1n) is 6.79. The standard InChI is InChI=1S/C13H17N3O3S2/c17-21(18,13-7-14-15-8-13)16(9-11-3-1-5-19-11)10-12-4-2-6-20-12/h2,4,6-8,11H,1,3,5,9-10H2,(H,14,15). The molecule has 0 bridgehead atoms. The fourth-order valence-electron chi connectivity index (χ4n) is 2.37. The number of ether oxygens (including phenoxy) is 1. The molecule has 1 aliphatic rings. The van der Waals surface area contributed by atoms with Crippen LogP contribution in [0.2, 0.25) is 0 Å². The zero-order valence-electron chi connectivity index (χ0n) is 11.4. The minimum atomic E-state index is -3.56. The zero-order chi connectivity index (χ0) is 14.7. The molecule has 114 valence electrons. The molecule has 1 aliphatic heterocycles. The molecule has 8 heteroatoms. The lowest BCUT2D eigenvalue weighted by Crippen LogP contribution is -2.36. The Balaban J connectivity index is 1.83. The van der Waals surface area contributed by atoms with Crippen LogP contribution in [0.1, 0.15) is 17.7 Å². The second kappa shape index (κ2) is 6.27. The van der Waals surface area contributed by atoms with Crippen LogP contribution in [-0.4, -0.2) is 42.2 Å². The maximum absolute atomic E-state index is 12.7. The van der Waals surface area contributed by atoms with Crippen LogP contribution in [0.3, 0.4) is 0 Å². The van der Waals surface area contributed by atoms with Gasteiger partial charge in [-0.2, -0.15) is 9.40 Å². The molecular formula is C13H17N3O3S2. The Morgan fingerprint density at radius 3 is 3.05 bits per heavy atom. The van der Waals surface area contributed by atoms with E-state index in [9.17, 15) is 8.42 Å². The number of H-pyrrole nitrogens is 1. The molecule has 3 heterocycles. The molecule has 2 aromatic rings. The quantitative estimate of drug-likeness (QED) is 0.878. The number of aromatic nitrogens is 2. The molecule has 1 N–H and O–H groups in total. The highest BCUT2D eigenvalue weighted by molar-refractivity contribution is 7.89. The Hall–Kier alpha value is -1.22. The molecule has 1 fully saturated rings. The minimum Gasteiger partial charge on any atom is -0.377 e.